The van der Waals surface area contributed by atoms with Gasteiger partial charge in [-0.25, -0.2) is 0 Å². The van der Waals surface area contributed by atoms with Crippen molar-refractivity contribution in [2.24, 2.45) is 0 Å². The van der Waals surface area contributed by atoms with Crippen LogP contribution in [0.25, 0.3) is 10.8 Å². The lowest BCUT2D eigenvalue weighted by Gasteiger charge is -2.10. The molecule has 20 heavy (non-hydrogen) atoms. The van der Waals surface area contributed by atoms with Gasteiger partial charge in [0.05, 0.1) is 5.56 Å². The van der Waals surface area contributed by atoms with Gasteiger partial charge < -0.3 is 5.11 Å². The Morgan fingerprint density at radius 1 is 0.900 bits per heavy atom. The zero-order valence-corrected chi connectivity index (χ0v) is 10.9. The number of hydrogen-bond acceptors (Lipinski definition) is 2. The van der Waals surface area contributed by atoms with Crippen LogP contribution in [0.5, 0.6) is 5.75 Å². The van der Waals surface area contributed by atoms with Gasteiger partial charge >= 0.3 is 0 Å². The zero-order chi connectivity index (χ0) is 13.9. The van der Waals surface area contributed by atoms with E-state index in [0.29, 0.717) is 11.8 Å². The molecule has 1 N–H and O–H groups in total. The molecule has 0 aromatic heterocycles. The van der Waals surface area contributed by atoms with Crippen LogP contribution in [-0.2, 0) is 6.42 Å². The Hall–Kier alpha value is -2.61. The van der Waals surface area contributed by atoms with E-state index < -0.39 is 0 Å². The summed E-state index contributed by atoms with van der Waals surface area (Å²) in [4.78, 5) is 11.0. The number of carbonyl (C=O) groups excluding carboxylic acids is 1. The standard InChI is InChI=1S/C18H14O2/c19-12-16-10-9-14-7-4-8-15(17(14)18(16)20)11-13-5-2-1-3-6-13/h1-10,12,20H,11H2. The summed E-state index contributed by atoms with van der Waals surface area (Å²) in [6.07, 6.45) is 1.42. The van der Waals surface area contributed by atoms with E-state index in [4.69, 9.17) is 0 Å². The summed E-state index contributed by atoms with van der Waals surface area (Å²) < 4.78 is 0. The SMILES string of the molecule is O=Cc1ccc2cccc(Cc3ccccc3)c2c1O. The molecule has 0 atom stereocenters. The number of carbonyl (C=O) groups is 1. The molecule has 3 aromatic rings. The molecule has 3 aromatic carbocycles. The molecule has 0 spiro atoms. The Bertz CT molecular complexity index is 761. The molecule has 0 aliphatic heterocycles. The van der Waals surface area contributed by atoms with Gasteiger partial charge in [0, 0.05) is 5.39 Å². The third-order valence-electron chi connectivity index (χ3n) is 3.50. The summed E-state index contributed by atoms with van der Waals surface area (Å²) in [5, 5.41) is 12.0. The molecule has 0 saturated heterocycles. The fourth-order valence-corrected chi connectivity index (χ4v) is 2.51. The fourth-order valence-electron chi connectivity index (χ4n) is 2.51. The van der Waals surface area contributed by atoms with Crippen LogP contribution in [0.3, 0.4) is 0 Å². The van der Waals surface area contributed by atoms with E-state index in [-0.39, 0.29) is 5.75 Å². The number of rotatable bonds is 3. The second-order valence-corrected chi connectivity index (χ2v) is 4.80. The summed E-state index contributed by atoms with van der Waals surface area (Å²) in [6, 6.07) is 19.5. The highest BCUT2D eigenvalue weighted by Gasteiger charge is 2.10. The largest absolute Gasteiger partial charge is 0.507 e. The monoisotopic (exact) mass is 262 g/mol. The fraction of sp³-hybridized carbons (Fsp3) is 0.0556. The number of aldehydes is 1. The highest BCUT2D eigenvalue weighted by molar-refractivity contribution is 5.97. The van der Waals surface area contributed by atoms with Crippen LogP contribution in [-0.4, -0.2) is 11.4 Å². The molecule has 0 heterocycles. The quantitative estimate of drug-likeness (QED) is 0.726. The highest BCUT2D eigenvalue weighted by atomic mass is 16.3. The van der Waals surface area contributed by atoms with E-state index in [1.54, 1.807) is 6.07 Å². The van der Waals surface area contributed by atoms with Crippen LogP contribution in [0.15, 0.2) is 60.7 Å². The summed E-state index contributed by atoms with van der Waals surface area (Å²) >= 11 is 0. The molecule has 0 aliphatic carbocycles. The lowest BCUT2D eigenvalue weighted by atomic mass is 9.96. The minimum Gasteiger partial charge on any atom is -0.507 e. The molecule has 0 saturated carbocycles. The first kappa shape index (κ1) is 12.4. The van der Waals surface area contributed by atoms with E-state index >= 15 is 0 Å². The Morgan fingerprint density at radius 2 is 1.70 bits per heavy atom. The molecule has 0 amide bonds. The van der Waals surface area contributed by atoms with Gasteiger partial charge in [0.25, 0.3) is 0 Å². The first-order chi connectivity index (χ1) is 9.79. The number of phenolic OH excluding ortho intramolecular Hbond substituents is 1. The van der Waals surface area contributed by atoms with E-state index in [1.165, 1.54) is 5.56 Å². The van der Waals surface area contributed by atoms with Gasteiger partial charge in [-0.05, 0) is 29.0 Å². The maximum absolute atomic E-state index is 11.0. The first-order valence-electron chi connectivity index (χ1n) is 6.52. The number of phenols is 1. The van der Waals surface area contributed by atoms with Gasteiger partial charge in [0.2, 0.25) is 0 Å². The molecule has 2 heteroatoms. The van der Waals surface area contributed by atoms with E-state index in [9.17, 15) is 9.90 Å². The van der Waals surface area contributed by atoms with E-state index in [1.807, 2.05) is 42.5 Å². The van der Waals surface area contributed by atoms with Crippen LogP contribution in [0.1, 0.15) is 21.5 Å². The van der Waals surface area contributed by atoms with Crippen molar-refractivity contribution >= 4 is 17.1 Å². The van der Waals surface area contributed by atoms with Crippen molar-refractivity contribution in [2.75, 3.05) is 0 Å². The molecular weight excluding hydrogens is 248 g/mol. The molecule has 0 bridgehead atoms. The predicted octanol–water partition coefficient (Wildman–Crippen LogP) is 3.95. The summed E-state index contributed by atoms with van der Waals surface area (Å²) in [5.41, 5.74) is 2.53. The van der Waals surface area contributed by atoms with Crippen LogP contribution < -0.4 is 0 Å². The molecule has 0 radical (unpaired) electrons. The summed E-state index contributed by atoms with van der Waals surface area (Å²) in [7, 11) is 0. The maximum atomic E-state index is 11.0. The third kappa shape index (κ3) is 2.16. The van der Waals surface area contributed by atoms with Gasteiger partial charge in [-0.1, -0.05) is 54.6 Å². The van der Waals surface area contributed by atoms with E-state index in [0.717, 1.165) is 22.8 Å². The van der Waals surface area contributed by atoms with Crippen LogP contribution >= 0.6 is 0 Å². The van der Waals surface area contributed by atoms with Crippen molar-refractivity contribution in [1.82, 2.24) is 0 Å². The number of hydrogen-bond donors (Lipinski definition) is 1. The van der Waals surface area contributed by atoms with Gasteiger partial charge in [-0.2, -0.15) is 0 Å². The Balaban J connectivity index is 2.18. The van der Waals surface area contributed by atoms with Crippen molar-refractivity contribution in [3.8, 4) is 5.75 Å². The highest BCUT2D eigenvalue weighted by Crippen LogP contribution is 2.32. The summed E-state index contributed by atoms with van der Waals surface area (Å²) in [5.74, 6) is 0.0732. The molecular formula is C18H14O2. The Labute approximate surface area is 117 Å². The van der Waals surface area contributed by atoms with Gasteiger partial charge in [0.15, 0.2) is 6.29 Å². The normalized spacial score (nSPS) is 10.6. The summed E-state index contributed by atoms with van der Waals surface area (Å²) in [6.45, 7) is 0. The molecule has 0 aliphatic rings. The average molecular weight is 262 g/mol. The minimum atomic E-state index is 0.0732. The molecule has 2 nitrogen and oxygen atoms in total. The lowest BCUT2D eigenvalue weighted by molar-refractivity contribution is 0.112. The minimum absolute atomic E-state index is 0.0732. The lowest BCUT2D eigenvalue weighted by Crippen LogP contribution is -1.92. The second kappa shape index (κ2) is 5.17. The van der Waals surface area contributed by atoms with Crippen molar-refractivity contribution in [2.45, 2.75) is 6.42 Å². The van der Waals surface area contributed by atoms with Crippen molar-refractivity contribution in [3.05, 3.63) is 77.4 Å². The molecule has 3 rings (SSSR count). The van der Waals surface area contributed by atoms with Crippen LogP contribution in [0.2, 0.25) is 0 Å². The second-order valence-electron chi connectivity index (χ2n) is 4.80. The van der Waals surface area contributed by atoms with Crippen molar-refractivity contribution < 1.29 is 9.90 Å². The van der Waals surface area contributed by atoms with Gasteiger partial charge in [-0.3, -0.25) is 4.79 Å². The molecule has 98 valence electrons. The zero-order valence-electron chi connectivity index (χ0n) is 10.9. The third-order valence-corrected chi connectivity index (χ3v) is 3.50. The van der Waals surface area contributed by atoms with E-state index in [2.05, 4.69) is 12.1 Å². The maximum Gasteiger partial charge on any atom is 0.153 e. The van der Waals surface area contributed by atoms with Crippen molar-refractivity contribution in [1.29, 1.82) is 0 Å². The Morgan fingerprint density at radius 3 is 2.45 bits per heavy atom. The number of aromatic hydroxyl groups is 1. The topological polar surface area (TPSA) is 37.3 Å². The van der Waals surface area contributed by atoms with Gasteiger partial charge in [0.1, 0.15) is 5.75 Å². The number of fused-ring (bicyclic) bond motifs is 1. The first-order valence-corrected chi connectivity index (χ1v) is 6.52. The molecule has 0 unspecified atom stereocenters. The number of benzene rings is 3. The average Bonchev–Trinajstić information content (AvgIpc) is 2.49. The predicted molar refractivity (Wildman–Crippen MR) is 80.2 cm³/mol. The smallest absolute Gasteiger partial charge is 0.153 e. The molecule has 0 fully saturated rings. The van der Waals surface area contributed by atoms with Gasteiger partial charge in [-0.15, -0.1) is 0 Å². The van der Waals surface area contributed by atoms with Crippen molar-refractivity contribution in [3.63, 3.8) is 0 Å². The van der Waals surface area contributed by atoms with Crippen LogP contribution in [0, 0.1) is 0 Å². The Kier molecular flexibility index (Phi) is 3.21. The van der Waals surface area contributed by atoms with Crippen LogP contribution in [0.4, 0.5) is 0 Å².